The molecule has 0 spiro atoms. The number of carboxylic acid groups (broad SMARTS) is 1. The third-order valence-corrected chi connectivity index (χ3v) is 8.10. The Balaban J connectivity index is 1.24. The van der Waals surface area contributed by atoms with E-state index < -0.39 is 23.5 Å². The van der Waals surface area contributed by atoms with Crippen LogP contribution in [0, 0.1) is 5.92 Å². The quantitative estimate of drug-likeness (QED) is 0.660. The molecule has 184 valence electrons. The first-order valence-electron chi connectivity index (χ1n) is 12.6. The zero-order valence-corrected chi connectivity index (χ0v) is 20.0. The monoisotopic (exact) mass is 476 g/mol. The third-order valence-electron chi connectivity index (χ3n) is 8.10. The number of alkyl carbamates (subject to hydrolysis) is 1. The summed E-state index contributed by atoms with van der Waals surface area (Å²) in [4.78, 5) is 39.7. The summed E-state index contributed by atoms with van der Waals surface area (Å²) in [6, 6.07) is 16.0. The van der Waals surface area contributed by atoms with Crippen LogP contribution in [0.1, 0.15) is 62.5 Å². The number of carbonyl (C=O) groups excluding carboxylic acids is 2. The lowest BCUT2D eigenvalue weighted by Gasteiger charge is -2.43. The number of likely N-dealkylation sites (tertiary alicyclic amines) is 1. The maximum atomic E-state index is 13.4. The van der Waals surface area contributed by atoms with Crippen molar-refractivity contribution in [3.8, 4) is 11.1 Å². The SMILES string of the molecule is CC1(C(=O)O)CCCCN1C(=O)[C@H]1CCC[C@H]1NC(=O)OCC1c2ccccc2-c2ccccc21. The minimum atomic E-state index is -1.19. The van der Waals surface area contributed by atoms with Gasteiger partial charge in [-0.1, -0.05) is 55.0 Å². The number of ether oxygens (including phenoxy) is 1. The Morgan fingerprint density at radius 1 is 1.00 bits per heavy atom. The van der Waals surface area contributed by atoms with Gasteiger partial charge in [-0.25, -0.2) is 9.59 Å². The van der Waals surface area contributed by atoms with E-state index in [0.29, 0.717) is 25.8 Å². The summed E-state index contributed by atoms with van der Waals surface area (Å²) in [5.74, 6) is -1.59. The average Bonchev–Trinajstić information content (AvgIpc) is 3.45. The smallest absolute Gasteiger partial charge is 0.407 e. The van der Waals surface area contributed by atoms with Gasteiger partial charge in [0.25, 0.3) is 0 Å². The van der Waals surface area contributed by atoms with Gasteiger partial charge < -0.3 is 20.1 Å². The molecule has 7 heteroatoms. The molecule has 35 heavy (non-hydrogen) atoms. The van der Waals surface area contributed by atoms with Crippen molar-refractivity contribution < 1.29 is 24.2 Å². The first kappa shape index (κ1) is 23.4. The lowest BCUT2D eigenvalue weighted by atomic mass is 9.86. The summed E-state index contributed by atoms with van der Waals surface area (Å²) in [6.45, 7) is 2.29. The fraction of sp³-hybridized carbons (Fsp3) is 0.464. The number of nitrogens with one attached hydrogen (secondary N) is 1. The van der Waals surface area contributed by atoms with E-state index in [-0.39, 0.29) is 24.5 Å². The van der Waals surface area contributed by atoms with Crippen LogP contribution in [0.3, 0.4) is 0 Å². The van der Waals surface area contributed by atoms with E-state index in [9.17, 15) is 19.5 Å². The fourth-order valence-electron chi connectivity index (χ4n) is 6.12. The van der Waals surface area contributed by atoms with Crippen LogP contribution in [0.5, 0.6) is 0 Å². The zero-order chi connectivity index (χ0) is 24.6. The van der Waals surface area contributed by atoms with Gasteiger partial charge >= 0.3 is 12.1 Å². The van der Waals surface area contributed by atoms with E-state index in [1.807, 2.05) is 24.3 Å². The molecule has 2 amide bonds. The average molecular weight is 477 g/mol. The molecule has 1 saturated heterocycles. The molecule has 2 aromatic rings. The van der Waals surface area contributed by atoms with Gasteiger partial charge in [-0.05, 0) is 61.3 Å². The van der Waals surface area contributed by atoms with Crippen LogP contribution in [0.4, 0.5) is 4.79 Å². The Bertz CT molecular complexity index is 1100. The Labute approximate surface area is 205 Å². The second kappa shape index (κ2) is 9.36. The van der Waals surface area contributed by atoms with Crippen molar-refractivity contribution in [3.05, 3.63) is 59.7 Å². The molecule has 0 radical (unpaired) electrons. The Hall–Kier alpha value is -3.35. The Morgan fingerprint density at radius 3 is 2.31 bits per heavy atom. The first-order valence-corrected chi connectivity index (χ1v) is 12.6. The highest BCUT2D eigenvalue weighted by Crippen LogP contribution is 2.44. The normalized spacial score (nSPS) is 25.6. The highest BCUT2D eigenvalue weighted by Gasteiger charge is 2.47. The van der Waals surface area contributed by atoms with Crippen molar-refractivity contribution in [3.63, 3.8) is 0 Å². The molecule has 5 rings (SSSR count). The summed E-state index contributed by atoms with van der Waals surface area (Å²) in [7, 11) is 0. The highest BCUT2D eigenvalue weighted by molar-refractivity contribution is 5.89. The van der Waals surface area contributed by atoms with E-state index in [0.717, 1.165) is 30.4 Å². The molecule has 1 heterocycles. The van der Waals surface area contributed by atoms with Gasteiger partial charge in [0, 0.05) is 18.5 Å². The van der Waals surface area contributed by atoms with Crippen LogP contribution < -0.4 is 5.32 Å². The van der Waals surface area contributed by atoms with Crippen molar-refractivity contribution in [1.82, 2.24) is 10.2 Å². The van der Waals surface area contributed by atoms with E-state index in [4.69, 9.17) is 4.74 Å². The second-order valence-electron chi connectivity index (χ2n) is 10.1. The van der Waals surface area contributed by atoms with E-state index in [1.165, 1.54) is 16.0 Å². The second-order valence-corrected chi connectivity index (χ2v) is 10.1. The number of rotatable bonds is 5. The topological polar surface area (TPSA) is 95.9 Å². The third kappa shape index (κ3) is 4.17. The van der Waals surface area contributed by atoms with Crippen LogP contribution in [-0.2, 0) is 14.3 Å². The predicted molar refractivity (Wildman–Crippen MR) is 131 cm³/mol. The summed E-state index contributed by atoms with van der Waals surface area (Å²) in [5.41, 5.74) is 3.44. The molecule has 3 aliphatic rings. The number of nitrogens with zero attached hydrogens (tertiary/aromatic N) is 1. The fourth-order valence-corrected chi connectivity index (χ4v) is 6.12. The molecule has 1 unspecified atom stereocenters. The van der Waals surface area contributed by atoms with E-state index in [1.54, 1.807) is 6.92 Å². The molecule has 3 atom stereocenters. The summed E-state index contributed by atoms with van der Waals surface area (Å²) >= 11 is 0. The van der Waals surface area contributed by atoms with Crippen LogP contribution in [0.2, 0.25) is 0 Å². The number of hydrogen-bond acceptors (Lipinski definition) is 4. The first-order chi connectivity index (χ1) is 16.9. The molecule has 0 bridgehead atoms. The van der Waals surface area contributed by atoms with Crippen molar-refractivity contribution in [2.24, 2.45) is 5.92 Å². The maximum absolute atomic E-state index is 13.4. The van der Waals surface area contributed by atoms with Gasteiger partial charge in [0.1, 0.15) is 12.1 Å². The molecular formula is C28H32N2O5. The number of carboxylic acids is 1. The molecule has 2 aliphatic carbocycles. The Morgan fingerprint density at radius 2 is 1.66 bits per heavy atom. The van der Waals surface area contributed by atoms with Gasteiger partial charge in [0.05, 0.1) is 5.92 Å². The zero-order valence-electron chi connectivity index (χ0n) is 20.0. The minimum absolute atomic E-state index is 0.0289. The van der Waals surface area contributed by atoms with Gasteiger partial charge in [0.15, 0.2) is 0 Å². The highest BCUT2D eigenvalue weighted by atomic mass is 16.5. The molecule has 1 aliphatic heterocycles. The largest absolute Gasteiger partial charge is 0.480 e. The van der Waals surface area contributed by atoms with Crippen LogP contribution in [-0.4, -0.2) is 52.7 Å². The van der Waals surface area contributed by atoms with Gasteiger partial charge in [-0.15, -0.1) is 0 Å². The molecule has 1 saturated carbocycles. The minimum Gasteiger partial charge on any atom is -0.480 e. The predicted octanol–water partition coefficient (Wildman–Crippen LogP) is 4.55. The summed E-state index contributed by atoms with van der Waals surface area (Å²) in [6.07, 6.45) is 3.63. The molecule has 7 nitrogen and oxygen atoms in total. The molecule has 2 aromatic carbocycles. The number of benzene rings is 2. The lowest BCUT2D eigenvalue weighted by molar-refractivity contribution is -0.163. The van der Waals surface area contributed by atoms with Crippen molar-refractivity contribution >= 4 is 18.0 Å². The van der Waals surface area contributed by atoms with Crippen LogP contribution >= 0.6 is 0 Å². The number of aliphatic carboxylic acids is 1. The number of carbonyl (C=O) groups is 3. The lowest BCUT2D eigenvalue weighted by Crippen LogP contribution is -2.60. The van der Waals surface area contributed by atoms with Crippen molar-refractivity contribution in [1.29, 1.82) is 0 Å². The van der Waals surface area contributed by atoms with Crippen LogP contribution in [0.25, 0.3) is 11.1 Å². The molecule has 2 N–H and O–H groups in total. The summed E-state index contributed by atoms with van der Waals surface area (Å²) < 4.78 is 5.69. The van der Waals surface area contributed by atoms with Crippen LogP contribution in [0.15, 0.2) is 48.5 Å². The van der Waals surface area contributed by atoms with Crippen molar-refractivity contribution in [2.45, 2.75) is 62.9 Å². The maximum Gasteiger partial charge on any atom is 0.407 e. The van der Waals surface area contributed by atoms with Gasteiger partial charge in [-0.2, -0.15) is 0 Å². The molecule has 2 fully saturated rings. The standard InChI is InChI=1S/C28H32N2O5/c1-28(26(32)33)15-6-7-16-30(28)25(31)22-13-8-14-24(22)29-27(34)35-17-23-20-11-4-2-9-18(20)19-10-3-5-12-21(19)23/h2-5,9-12,22-24H,6-8,13-17H2,1H3,(H,29,34)(H,32,33)/t22-,24+,28?/m0/s1. The molecule has 0 aromatic heterocycles. The summed E-state index contributed by atoms with van der Waals surface area (Å²) in [5, 5.41) is 12.7. The Kier molecular flexibility index (Phi) is 6.26. The number of amides is 2. The van der Waals surface area contributed by atoms with Crippen molar-refractivity contribution in [2.75, 3.05) is 13.2 Å². The number of piperidine rings is 1. The van der Waals surface area contributed by atoms with E-state index >= 15 is 0 Å². The van der Waals surface area contributed by atoms with E-state index in [2.05, 4.69) is 29.6 Å². The number of fused-ring (bicyclic) bond motifs is 3. The number of hydrogen-bond donors (Lipinski definition) is 2. The molecular weight excluding hydrogens is 444 g/mol. The van der Waals surface area contributed by atoms with Gasteiger partial charge in [0.2, 0.25) is 5.91 Å². The van der Waals surface area contributed by atoms with Gasteiger partial charge in [-0.3, -0.25) is 4.79 Å².